The molecule has 1 N–H and O–H groups in total. The molecule has 21 heavy (non-hydrogen) atoms. The quantitative estimate of drug-likeness (QED) is 0.890. The summed E-state index contributed by atoms with van der Waals surface area (Å²) < 4.78 is 11.5. The molecule has 108 valence electrons. The molecule has 4 nitrogen and oxygen atoms in total. The van der Waals surface area contributed by atoms with Crippen molar-refractivity contribution < 1.29 is 9.47 Å². The zero-order valence-electron chi connectivity index (χ0n) is 11.8. The SMILES string of the molecule is COc1cc(Br)c(CNc2ccccc2C#N)cc1OC. The van der Waals surface area contributed by atoms with Crippen molar-refractivity contribution in [2.45, 2.75) is 6.54 Å². The minimum absolute atomic E-state index is 0.569. The maximum Gasteiger partial charge on any atom is 0.161 e. The highest BCUT2D eigenvalue weighted by Crippen LogP contribution is 2.33. The highest BCUT2D eigenvalue weighted by molar-refractivity contribution is 9.10. The number of anilines is 1. The molecule has 5 heteroatoms. The van der Waals surface area contributed by atoms with Gasteiger partial charge in [0.25, 0.3) is 0 Å². The Hall–Kier alpha value is -2.19. The van der Waals surface area contributed by atoms with E-state index >= 15 is 0 Å². The molecular formula is C16H15BrN2O2. The fourth-order valence-corrected chi connectivity index (χ4v) is 2.42. The number of halogens is 1. The van der Waals surface area contributed by atoms with Gasteiger partial charge in [-0.1, -0.05) is 28.1 Å². The molecular weight excluding hydrogens is 332 g/mol. The van der Waals surface area contributed by atoms with Crippen LogP contribution in [0, 0.1) is 11.3 Å². The highest BCUT2D eigenvalue weighted by atomic mass is 79.9. The molecule has 0 saturated carbocycles. The molecule has 2 rings (SSSR count). The lowest BCUT2D eigenvalue weighted by Crippen LogP contribution is -2.03. The van der Waals surface area contributed by atoms with Crippen molar-refractivity contribution in [2.24, 2.45) is 0 Å². The zero-order chi connectivity index (χ0) is 15.2. The third kappa shape index (κ3) is 3.47. The summed E-state index contributed by atoms with van der Waals surface area (Å²) >= 11 is 3.52. The lowest BCUT2D eigenvalue weighted by Gasteiger charge is -2.13. The summed E-state index contributed by atoms with van der Waals surface area (Å²) in [4.78, 5) is 0. The van der Waals surface area contributed by atoms with Crippen LogP contribution in [0.2, 0.25) is 0 Å². The van der Waals surface area contributed by atoms with E-state index in [0.717, 1.165) is 15.7 Å². The predicted molar refractivity (Wildman–Crippen MR) is 85.7 cm³/mol. The lowest BCUT2D eigenvalue weighted by atomic mass is 10.1. The maximum atomic E-state index is 9.08. The van der Waals surface area contributed by atoms with Crippen LogP contribution < -0.4 is 14.8 Å². The van der Waals surface area contributed by atoms with E-state index < -0.39 is 0 Å². The molecule has 2 aromatic carbocycles. The predicted octanol–water partition coefficient (Wildman–Crippen LogP) is 3.95. The van der Waals surface area contributed by atoms with Gasteiger partial charge in [-0.25, -0.2) is 0 Å². The van der Waals surface area contributed by atoms with Crippen molar-refractivity contribution in [3.8, 4) is 17.6 Å². The molecule has 0 unspecified atom stereocenters. The second-order valence-electron chi connectivity index (χ2n) is 4.31. The molecule has 0 bridgehead atoms. The Labute approximate surface area is 132 Å². The van der Waals surface area contributed by atoms with E-state index in [4.69, 9.17) is 14.7 Å². The van der Waals surface area contributed by atoms with Crippen molar-refractivity contribution in [3.05, 3.63) is 52.0 Å². The minimum atomic E-state index is 0.569. The first-order valence-electron chi connectivity index (χ1n) is 6.33. The van der Waals surface area contributed by atoms with Gasteiger partial charge in [0.05, 0.1) is 25.5 Å². The Kier molecular flexibility index (Phi) is 5.07. The first-order chi connectivity index (χ1) is 10.2. The Morgan fingerprint density at radius 3 is 2.48 bits per heavy atom. The summed E-state index contributed by atoms with van der Waals surface area (Å²) in [6.45, 7) is 0.569. The molecule has 0 atom stereocenters. The molecule has 0 heterocycles. The standard InChI is InChI=1S/C16H15BrN2O2/c1-20-15-7-12(13(17)8-16(15)21-2)10-19-14-6-4-3-5-11(14)9-18/h3-8,19H,10H2,1-2H3. The second kappa shape index (κ2) is 7.00. The largest absolute Gasteiger partial charge is 0.493 e. The van der Waals surface area contributed by atoms with E-state index in [-0.39, 0.29) is 0 Å². The molecule has 0 aliphatic rings. The van der Waals surface area contributed by atoms with Gasteiger partial charge in [0.1, 0.15) is 6.07 Å². The molecule has 0 spiro atoms. The van der Waals surface area contributed by atoms with Crippen LogP contribution in [0.1, 0.15) is 11.1 Å². The zero-order valence-corrected chi connectivity index (χ0v) is 13.4. The summed E-state index contributed by atoms with van der Waals surface area (Å²) in [5.74, 6) is 1.34. The van der Waals surface area contributed by atoms with E-state index in [1.165, 1.54) is 0 Å². The highest BCUT2D eigenvalue weighted by Gasteiger charge is 2.10. The first-order valence-corrected chi connectivity index (χ1v) is 7.12. The fourth-order valence-electron chi connectivity index (χ4n) is 1.96. The molecule has 0 aliphatic carbocycles. The molecule has 0 amide bonds. The molecule has 0 saturated heterocycles. The number of nitrogens with one attached hydrogen (secondary N) is 1. The number of methoxy groups -OCH3 is 2. The van der Waals surface area contributed by atoms with Crippen molar-refractivity contribution in [1.82, 2.24) is 0 Å². The van der Waals surface area contributed by atoms with Gasteiger partial charge in [-0.15, -0.1) is 0 Å². The van der Waals surface area contributed by atoms with Gasteiger partial charge in [-0.05, 0) is 29.8 Å². The van der Waals surface area contributed by atoms with Gasteiger partial charge in [-0.2, -0.15) is 5.26 Å². The van der Waals surface area contributed by atoms with Crippen LogP contribution in [0.4, 0.5) is 5.69 Å². The molecule has 0 fully saturated rings. The van der Waals surface area contributed by atoms with Gasteiger partial charge < -0.3 is 14.8 Å². The Balaban J connectivity index is 2.22. The van der Waals surface area contributed by atoms with Gasteiger partial charge in [0, 0.05) is 11.0 Å². The Morgan fingerprint density at radius 1 is 1.14 bits per heavy atom. The summed E-state index contributed by atoms with van der Waals surface area (Å²) in [5.41, 5.74) is 2.44. The van der Waals surface area contributed by atoms with E-state index in [1.54, 1.807) is 20.3 Å². The number of hydrogen-bond donors (Lipinski definition) is 1. The minimum Gasteiger partial charge on any atom is -0.493 e. The Bertz CT molecular complexity index is 680. The summed E-state index contributed by atoms with van der Waals surface area (Å²) in [5, 5.41) is 12.3. The summed E-state index contributed by atoms with van der Waals surface area (Å²) in [6.07, 6.45) is 0. The molecule has 0 radical (unpaired) electrons. The Morgan fingerprint density at radius 2 is 1.81 bits per heavy atom. The monoisotopic (exact) mass is 346 g/mol. The number of nitrogens with zero attached hydrogens (tertiary/aromatic N) is 1. The van der Waals surface area contributed by atoms with Gasteiger partial charge in [0.15, 0.2) is 11.5 Å². The number of para-hydroxylation sites is 1. The van der Waals surface area contributed by atoms with Crippen LogP contribution in [-0.2, 0) is 6.54 Å². The first kappa shape index (κ1) is 15.2. The van der Waals surface area contributed by atoms with Crippen LogP contribution in [0.25, 0.3) is 0 Å². The van der Waals surface area contributed by atoms with Crippen LogP contribution in [0.3, 0.4) is 0 Å². The molecule has 0 aliphatic heterocycles. The van der Waals surface area contributed by atoms with Crippen LogP contribution in [-0.4, -0.2) is 14.2 Å². The maximum absolute atomic E-state index is 9.08. The number of rotatable bonds is 5. The number of hydrogen-bond acceptors (Lipinski definition) is 4. The molecule has 0 aromatic heterocycles. The number of benzene rings is 2. The summed E-state index contributed by atoms with van der Waals surface area (Å²) in [6, 6.07) is 13.3. The average Bonchev–Trinajstić information content (AvgIpc) is 2.53. The second-order valence-corrected chi connectivity index (χ2v) is 5.16. The van der Waals surface area contributed by atoms with E-state index in [0.29, 0.717) is 23.6 Å². The topological polar surface area (TPSA) is 54.3 Å². The van der Waals surface area contributed by atoms with E-state index in [9.17, 15) is 0 Å². The van der Waals surface area contributed by atoms with Crippen LogP contribution in [0.15, 0.2) is 40.9 Å². The van der Waals surface area contributed by atoms with Gasteiger partial charge in [-0.3, -0.25) is 0 Å². The fraction of sp³-hybridized carbons (Fsp3) is 0.188. The lowest BCUT2D eigenvalue weighted by molar-refractivity contribution is 0.354. The third-order valence-electron chi connectivity index (χ3n) is 3.07. The summed E-state index contributed by atoms with van der Waals surface area (Å²) in [7, 11) is 3.21. The normalized spacial score (nSPS) is 9.81. The van der Waals surface area contributed by atoms with Crippen LogP contribution in [0.5, 0.6) is 11.5 Å². The number of ether oxygens (including phenoxy) is 2. The van der Waals surface area contributed by atoms with Gasteiger partial charge in [0.2, 0.25) is 0 Å². The third-order valence-corrected chi connectivity index (χ3v) is 3.81. The van der Waals surface area contributed by atoms with Crippen molar-refractivity contribution in [1.29, 1.82) is 5.26 Å². The van der Waals surface area contributed by atoms with Crippen LogP contribution >= 0.6 is 15.9 Å². The van der Waals surface area contributed by atoms with Crippen molar-refractivity contribution >= 4 is 21.6 Å². The molecule has 2 aromatic rings. The van der Waals surface area contributed by atoms with E-state index in [2.05, 4.69) is 27.3 Å². The smallest absolute Gasteiger partial charge is 0.161 e. The average molecular weight is 347 g/mol. The van der Waals surface area contributed by atoms with Crippen molar-refractivity contribution in [2.75, 3.05) is 19.5 Å². The number of nitriles is 1. The van der Waals surface area contributed by atoms with Gasteiger partial charge >= 0.3 is 0 Å². The van der Waals surface area contributed by atoms with Crippen molar-refractivity contribution in [3.63, 3.8) is 0 Å². The van der Waals surface area contributed by atoms with E-state index in [1.807, 2.05) is 30.3 Å².